The Kier molecular flexibility index (Phi) is 3.55. The van der Waals surface area contributed by atoms with Crippen molar-refractivity contribution >= 4 is 11.0 Å². The van der Waals surface area contributed by atoms with Gasteiger partial charge in [-0.25, -0.2) is 15.4 Å². The second-order valence-corrected chi connectivity index (χ2v) is 4.73. The molecule has 0 fully saturated rings. The number of aryl methyl sites for hydroxylation is 1. The molecule has 0 saturated heterocycles. The minimum Gasteiger partial charge on any atom is -0.481 e. The zero-order valence-corrected chi connectivity index (χ0v) is 11.8. The third kappa shape index (κ3) is 2.46. The molecule has 1 atom stereocenters. The topological polar surface area (TPSA) is 86.2 Å². The van der Waals surface area contributed by atoms with E-state index in [1.54, 1.807) is 13.2 Å². The van der Waals surface area contributed by atoms with Gasteiger partial charge in [-0.2, -0.15) is 0 Å². The number of methoxy groups -OCH3 is 1. The van der Waals surface area contributed by atoms with E-state index in [9.17, 15) is 0 Å². The summed E-state index contributed by atoms with van der Waals surface area (Å²) < 4.78 is 11.0. The molecule has 0 amide bonds. The van der Waals surface area contributed by atoms with Crippen LogP contribution < -0.4 is 16.0 Å². The molecule has 6 nitrogen and oxygen atoms in total. The maximum absolute atomic E-state index is 5.94. The summed E-state index contributed by atoms with van der Waals surface area (Å²) >= 11 is 0. The number of nitrogens with zero attached hydrogens (tertiary/aromatic N) is 2. The third-order valence-electron chi connectivity index (χ3n) is 3.38. The van der Waals surface area contributed by atoms with Crippen molar-refractivity contribution in [1.82, 2.24) is 15.4 Å². The van der Waals surface area contributed by atoms with Crippen LogP contribution in [0.5, 0.6) is 5.88 Å². The molecular formula is C15H16N4O2. The number of para-hydroxylation sites is 1. The molecule has 0 aliphatic carbocycles. The fourth-order valence-electron chi connectivity index (χ4n) is 2.31. The molecule has 3 N–H and O–H groups in total. The van der Waals surface area contributed by atoms with Crippen LogP contribution in [0.4, 0.5) is 0 Å². The van der Waals surface area contributed by atoms with Gasteiger partial charge in [-0.15, -0.1) is 0 Å². The molecule has 6 heteroatoms. The largest absolute Gasteiger partial charge is 0.481 e. The lowest BCUT2D eigenvalue weighted by Crippen LogP contribution is -2.29. The second-order valence-electron chi connectivity index (χ2n) is 4.73. The van der Waals surface area contributed by atoms with Crippen molar-refractivity contribution in [2.75, 3.05) is 7.11 Å². The maximum Gasteiger partial charge on any atom is 0.216 e. The summed E-state index contributed by atoms with van der Waals surface area (Å²) in [5.41, 5.74) is 5.34. The number of hydrogen-bond donors (Lipinski definition) is 2. The van der Waals surface area contributed by atoms with Crippen LogP contribution in [0.3, 0.4) is 0 Å². The predicted molar refractivity (Wildman–Crippen MR) is 78.7 cm³/mol. The Morgan fingerprint density at radius 1 is 1.29 bits per heavy atom. The van der Waals surface area contributed by atoms with Crippen molar-refractivity contribution in [2.45, 2.75) is 13.0 Å². The van der Waals surface area contributed by atoms with Crippen LogP contribution in [-0.4, -0.2) is 17.1 Å². The Labute approximate surface area is 121 Å². The van der Waals surface area contributed by atoms with Gasteiger partial charge >= 0.3 is 0 Å². The number of hydrogen-bond acceptors (Lipinski definition) is 6. The standard InChI is InChI=1S/C15H16N4O2/c1-9-4-3-5-10-6-12(21-15(9)10)14(19-16)11-7-13(20-2)18-8-17-11/h3-8,14,19H,16H2,1-2H3. The minimum atomic E-state index is -0.367. The smallest absolute Gasteiger partial charge is 0.216 e. The van der Waals surface area contributed by atoms with Crippen molar-refractivity contribution in [2.24, 2.45) is 5.84 Å². The molecule has 0 aliphatic heterocycles. The van der Waals surface area contributed by atoms with Gasteiger partial charge in [0, 0.05) is 11.5 Å². The van der Waals surface area contributed by atoms with Crippen LogP contribution in [0.15, 0.2) is 41.1 Å². The maximum atomic E-state index is 5.94. The van der Waals surface area contributed by atoms with Crippen molar-refractivity contribution < 1.29 is 9.15 Å². The number of fused-ring (bicyclic) bond motifs is 1. The summed E-state index contributed by atoms with van der Waals surface area (Å²) in [4.78, 5) is 8.23. The van der Waals surface area contributed by atoms with E-state index in [-0.39, 0.29) is 6.04 Å². The van der Waals surface area contributed by atoms with Gasteiger partial charge in [0.25, 0.3) is 0 Å². The SMILES string of the molecule is COc1cc(C(NN)c2cc3cccc(C)c3o2)ncn1. The summed E-state index contributed by atoms with van der Waals surface area (Å²) in [6, 6.07) is 9.33. The zero-order chi connectivity index (χ0) is 14.8. The molecule has 0 bridgehead atoms. The van der Waals surface area contributed by atoms with Gasteiger partial charge in [-0.05, 0) is 18.6 Å². The lowest BCUT2D eigenvalue weighted by Gasteiger charge is -2.12. The number of benzene rings is 1. The van der Waals surface area contributed by atoms with Gasteiger partial charge in [-0.1, -0.05) is 18.2 Å². The molecule has 0 saturated carbocycles. The summed E-state index contributed by atoms with van der Waals surface area (Å²) in [5.74, 6) is 6.85. The zero-order valence-electron chi connectivity index (χ0n) is 11.8. The van der Waals surface area contributed by atoms with Gasteiger partial charge in [0.05, 0.1) is 12.8 Å². The number of hydrazine groups is 1. The van der Waals surface area contributed by atoms with Gasteiger partial charge < -0.3 is 9.15 Å². The molecule has 0 radical (unpaired) electrons. The lowest BCUT2D eigenvalue weighted by molar-refractivity contribution is 0.393. The molecule has 2 aromatic heterocycles. The summed E-state index contributed by atoms with van der Waals surface area (Å²) in [6.45, 7) is 2.01. The number of furan rings is 1. The molecule has 0 aliphatic rings. The van der Waals surface area contributed by atoms with Crippen LogP contribution in [-0.2, 0) is 0 Å². The van der Waals surface area contributed by atoms with Crippen LogP contribution in [0.1, 0.15) is 23.1 Å². The first-order valence-electron chi connectivity index (χ1n) is 6.54. The molecule has 3 aromatic rings. The summed E-state index contributed by atoms with van der Waals surface area (Å²) in [6.07, 6.45) is 1.44. The van der Waals surface area contributed by atoms with Gasteiger partial charge in [-0.3, -0.25) is 5.84 Å². The average Bonchev–Trinajstić information content (AvgIpc) is 2.93. The number of ether oxygens (including phenoxy) is 1. The first kappa shape index (κ1) is 13.5. The molecule has 21 heavy (non-hydrogen) atoms. The minimum absolute atomic E-state index is 0.367. The highest BCUT2D eigenvalue weighted by Gasteiger charge is 2.20. The first-order chi connectivity index (χ1) is 10.2. The number of nitrogens with two attached hydrogens (primary N) is 1. The molecule has 2 heterocycles. The fourth-order valence-corrected chi connectivity index (χ4v) is 2.31. The molecule has 3 rings (SSSR count). The van der Waals surface area contributed by atoms with E-state index < -0.39 is 0 Å². The number of aromatic nitrogens is 2. The van der Waals surface area contributed by atoms with E-state index in [1.165, 1.54) is 6.33 Å². The monoisotopic (exact) mass is 284 g/mol. The summed E-state index contributed by atoms with van der Waals surface area (Å²) in [7, 11) is 1.56. The highest BCUT2D eigenvalue weighted by atomic mass is 16.5. The second kappa shape index (κ2) is 5.51. The molecule has 108 valence electrons. The van der Waals surface area contributed by atoms with Gasteiger partial charge in [0.15, 0.2) is 0 Å². The van der Waals surface area contributed by atoms with Crippen LogP contribution in [0.2, 0.25) is 0 Å². The Morgan fingerprint density at radius 3 is 2.86 bits per heavy atom. The van der Waals surface area contributed by atoms with E-state index >= 15 is 0 Å². The van der Waals surface area contributed by atoms with Crippen molar-refractivity contribution in [3.63, 3.8) is 0 Å². The highest BCUT2D eigenvalue weighted by Crippen LogP contribution is 2.29. The van der Waals surface area contributed by atoms with Crippen LogP contribution in [0.25, 0.3) is 11.0 Å². The van der Waals surface area contributed by atoms with Crippen molar-refractivity contribution in [3.05, 3.63) is 53.7 Å². The summed E-state index contributed by atoms with van der Waals surface area (Å²) in [5, 5.41) is 1.03. The quantitative estimate of drug-likeness (QED) is 0.563. The van der Waals surface area contributed by atoms with Crippen molar-refractivity contribution in [3.8, 4) is 5.88 Å². The van der Waals surface area contributed by atoms with Gasteiger partial charge in [0.1, 0.15) is 23.7 Å². The van der Waals surface area contributed by atoms with E-state index in [0.29, 0.717) is 17.3 Å². The van der Waals surface area contributed by atoms with Crippen LogP contribution >= 0.6 is 0 Å². The Morgan fingerprint density at radius 2 is 2.14 bits per heavy atom. The van der Waals surface area contributed by atoms with Crippen LogP contribution in [0, 0.1) is 6.92 Å². The van der Waals surface area contributed by atoms with E-state index in [4.69, 9.17) is 15.0 Å². The lowest BCUT2D eigenvalue weighted by atomic mass is 10.1. The van der Waals surface area contributed by atoms with Crippen molar-refractivity contribution in [1.29, 1.82) is 0 Å². The van der Waals surface area contributed by atoms with Gasteiger partial charge in [0.2, 0.25) is 5.88 Å². The Hall–Kier alpha value is -2.44. The fraction of sp³-hybridized carbons (Fsp3) is 0.200. The third-order valence-corrected chi connectivity index (χ3v) is 3.38. The molecule has 0 spiro atoms. The molecule has 1 unspecified atom stereocenters. The normalized spacial score (nSPS) is 12.5. The predicted octanol–water partition coefficient (Wildman–Crippen LogP) is 2.09. The Bertz CT molecular complexity index is 769. The average molecular weight is 284 g/mol. The number of nitrogens with one attached hydrogen (secondary N) is 1. The first-order valence-corrected chi connectivity index (χ1v) is 6.54. The molecular weight excluding hydrogens is 268 g/mol. The molecule has 1 aromatic carbocycles. The Balaban J connectivity index is 2.07. The van der Waals surface area contributed by atoms with E-state index in [0.717, 1.165) is 16.5 Å². The van der Waals surface area contributed by atoms with E-state index in [1.807, 2.05) is 31.2 Å². The van der Waals surface area contributed by atoms with E-state index in [2.05, 4.69) is 15.4 Å². The number of rotatable bonds is 4. The highest BCUT2D eigenvalue weighted by molar-refractivity contribution is 5.81.